The van der Waals surface area contributed by atoms with Crippen LogP contribution in [-0.2, 0) is 6.54 Å². The first-order valence-corrected chi connectivity index (χ1v) is 8.26. The van der Waals surface area contributed by atoms with Crippen LogP contribution in [0.2, 0.25) is 0 Å². The van der Waals surface area contributed by atoms with E-state index in [-0.39, 0.29) is 6.03 Å². The molecule has 4 nitrogen and oxygen atoms in total. The zero-order valence-corrected chi connectivity index (χ0v) is 13.4. The SMILES string of the molecule is O=C(Nc1cccc2ccccc12)N(Cc1ccccn1)C1CC1. The summed E-state index contributed by atoms with van der Waals surface area (Å²) in [5, 5.41) is 5.27. The Bertz CT molecular complexity index is 854. The van der Waals surface area contributed by atoms with E-state index in [0.717, 1.165) is 35.0 Å². The predicted octanol–water partition coefficient (Wildman–Crippen LogP) is 4.43. The molecule has 1 saturated carbocycles. The van der Waals surface area contributed by atoms with E-state index < -0.39 is 0 Å². The second-order valence-electron chi connectivity index (χ2n) is 6.14. The van der Waals surface area contributed by atoms with E-state index in [4.69, 9.17) is 0 Å². The second kappa shape index (κ2) is 6.32. The quantitative estimate of drug-likeness (QED) is 0.773. The van der Waals surface area contributed by atoms with Crippen LogP contribution in [0.1, 0.15) is 18.5 Å². The third-order valence-electron chi connectivity index (χ3n) is 4.34. The molecule has 0 aliphatic heterocycles. The van der Waals surface area contributed by atoms with Gasteiger partial charge in [0.1, 0.15) is 0 Å². The van der Waals surface area contributed by atoms with E-state index in [0.29, 0.717) is 12.6 Å². The van der Waals surface area contributed by atoms with Crippen LogP contribution in [0.25, 0.3) is 10.8 Å². The molecular weight excluding hydrogens is 298 g/mol. The van der Waals surface area contributed by atoms with Crippen LogP contribution >= 0.6 is 0 Å². The average molecular weight is 317 g/mol. The van der Waals surface area contributed by atoms with Gasteiger partial charge in [0.25, 0.3) is 0 Å². The molecule has 1 fully saturated rings. The first-order valence-electron chi connectivity index (χ1n) is 8.26. The number of aromatic nitrogens is 1. The van der Waals surface area contributed by atoms with E-state index in [9.17, 15) is 4.79 Å². The molecule has 0 bridgehead atoms. The fourth-order valence-corrected chi connectivity index (χ4v) is 2.94. The van der Waals surface area contributed by atoms with Gasteiger partial charge in [0.15, 0.2) is 0 Å². The lowest BCUT2D eigenvalue weighted by atomic mass is 10.1. The van der Waals surface area contributed by atoms with Gasteiger partial charge in [-0.3, -0.25) is 4.98 Å². The number of pyridine rings is 1. The normalized spacial score (nSPS) is 13.7. The molecule has 4 rings (SSSR count). The number of carbonyl (C=O) groups is 1. The van der Waals surface area contributed by atoms with E-state index >= 15 is 0 Å². The minimum Gasteiger partial charge on any atom is -0.316 e. The molecule has 3 aromatic rings. The summed E-state index contributed by atoms with van der Waals surface area (Å²) in [4.78, 5) is 19.1. The molecule has 2 aromatic carbocycles. The summed E-state index contributed by atoms with van der Waals surface area (Å²) in [7, 11) is 0. The van der Waals surface area contributed by atoms with Gasteiger partial charge in [-0.05, 0) is 36.4 Å². The van der Waals surface area contributed by atoms with Crippen LogP contribution in [0.3, 0.4) is 0 Å². The number of carbonyl (C=O) groups excluding carboxylic acids is 1. The van der Waals surface area contributed by atoms with Gasteiger partial charge in [0.2, 0.25) is 0 Å². The van der Waals surface area contributed by atoms with Crippen LogP contribution in [0, 0.1) is 0 Å². The van der Waals surface area contributed by atoms with Gasteiger partial charge in [-0.2, -0.15) is 0 Å². The van der Waals surface area contributed by atoms with Gasteiger partial charge in [0.05, 0.1) is 17.9 Å². The third-order valence-corrected chi connectivity index (χ3v) is 4.34. The molecule has 0 atom stereocenters. The minimum absolute atomic E-state index is 0.0560. The largest absolute Gasteiger partial charge is 0.322 e. The summed E-state index contributed by atoms with van der Waals surface area (Å²) in [6, 6.07) is 20.1. The highest BCUT2D eigenvalue weighted by atomic mass is 16.2. The third kappa shape index (κ3) is 3.08. The second-order valence-corrected chi connectivity index (χ2v) is 6.14. The van der Waals surface area contributed by atoms with Crippen molar-refractivity contribution in [2.45, 2.75) is 25.4 Å². The topological polar surface area (TPSA) is 45.2 Å². The molecule has 1 aliphatic carbocycles. The lowest BCUT2D eigenvalue weighted by molar-refractivity contribution is 0.205. The van der Waals surface area contributed by atoms with Crippen LogP contribution < -0.4 is 5.32 Å². The average Bonchev–Trinajstić information content (AvgIpc) is 3.46. The summed E-state index contributed by atoms with van der Waals surface area (Å²) < 4.78 is 0. The molecule has 1 N–H and O–H groups in total. The fourth-order valence-electron chi connectivity index (χ4n) is 2.94. The Morgan fingerprint density at radius 3 is 2.62 bits per heavy atom. The van der Waals surface area contributed by atoms with Crippen molar-refractivity contribution in [3.05, 3.63) is 72.6 Å². The van der Waals surface area contributed by atoms with Gasteiger partial charge < -0.3 is 10.2 Å². The Morgan fingerprint density at radius 2 is 1.83 bits per heavy atom. The Morgan fingerprint density at radius 1 is 1.04 bits per heavy atom. The summed E-state index contributed by atoms with van der Waals surface area (Å²) in [6.07, 6.45) is 3.90. The maximum Gasteiger partial charge on any atom is 0.322 e. The number of nitrogens with zero attached hydrogens (tertiary/aromatic N) is 2. The molecular formula is C20H19N3O. The van der Waals surface area contributed by atoms with E-state index in [1.165, 1.54) is 0 Å². The predicted molar refractivity (Wildman–Crippen MR) is 95.8 cm³/mol. The summed E-state index contributed by atoms with van der Waals surface area (Å²) in [5.41, 5.74) is 1.77. The van der Waals surface area contributed by atoms with Crippen molar-refractivity contribution >= 4 is 22.5 Å². The minimum atomic E-state index is -0.0560. The Hall–Kier alpha value is -2.88. The molecule has 4 heteroatoms. The fraction of sp³-hybridized carbons (Fsp3) is 0.200. The molecule has 120 valence electrons. The molecule has 1 heterocycles. The number of anilines is 1. The van der Waals surface area contributed by atoms with Crippen LogP contribution in [0.15, 0.2) is 66.9 Å². The highest BCUT2D eigenvalue weighted by Gasteiger charge is 2.33. The van der Waals surface area contributed by atoms with E-state index in [1.54, 1.807) is 6.20 Å². The van der Waals surface area contributed by atoms with Crippen molar-refractivity contribution in [3.63, 3.8) is 0 Å². The smallest absolute Gasteiger partial charge is 0.316 e. The lowest BCUT2D eigenvalue weighted by Gasteiger charge is -2.23. The number of benzene rings is 2. The van der Waals surface area contributed by atoms with Crippen molar-refractivity contribution in [3.8, 4) is 0 Å². The number of urea groups is 1. The number of hydrogen-bond donors (Lipinski definition) is 1. The number of amides is 2. The van der Waals surface area contributed by atoms with Gasteiger partial charge in [-0.25, -0.2) is 4.79 Å². The van der Waals surface area contributed by atoms with Crippen LogP contribution in [-0.4, -0.2) is 22.0 Å². The van der Waals surface area contributed by atoms with Crippen LogP contribution in [0.4, 0.5) is 10.5 Å². The Balaban J connectivity index is 1.57. The lowest BCUT2D eigenvalue weighted by Crippen LogP contribution is -2.36. The molecule has 1 aromatic heterocycles. The number of nitrogens with one attached hydrogen (secondary N) is 1. The molecule has 2 amide bonds. The van der Waals surface area contributed by atoms with Crippen LogP contribution in [0.5, 0.6) is 0 Å². The van der Waals surface area contributed by atoms with Gasteiger partial charge >= 0.3 is 6.03 Å². The molecule has 24 heavy (non-hydrogen) atoms. The monoisotopic (exact) mass is 317 g/mol. The first kappa shape index (κ1) is 14.7. The molecule has 0 radical (unpaired) electrons. The van der Waals surface area contributed by atoms with Crippen molar-refractivity contribution in [1.29, 1.82) is 0 Å². The Labute approximate surface area is 141 Å². The van der Waals surface area contributed by atoms with E-state index in [2.05, 4.69) is 22.4 Å². The molecule has 0 saturated heterocycles. The maximum atomic E-state index is 12.8. The molecule has 0 unspecified atom stereocenters. The Kier molecular flexibility index (Phi) is 3.87. The summed E-state index contributed by atoms with van der Waals surface area (Å²) in [6.45, 7) is 0.544. The van der Waals surface area contributed by atoms with Crippen molar-refractivity contribution < 1.29 is 4.79 Å². The maximum absolute atomic E-state index is 12.8. The van der Waals surface area contributed by atoms with Gasteiger partial charge in [0, 0.05) is 17.6 Å². The van der Waals surface area contributed by atoms with Crippen molar-refractivity contribution in [2.75, 3.05) is 5.32 Å². The van der Waals surface area contributed by atoms with Gasteiger partial charge in [-0.1, -0.05) is 42.5 Å². The first-order chi connectivity index (χ1) is 11.8. The number of fused-ring (bicyclic) bond motifs is 1. The zero-order valence-electron chi connectivity index (χ0n) is 13.4. The van der Waals surface area contributed by atoms with E-state index in [1.807, 2.05) is 53.4 Å². The number of rotatable bonds is 4. The molecule has 0 spiro atoms. The molecule has 1 aliphatic rings. The highest BCUT2D eigenvalue weighted by molar-refractivity contribution is 6.01. The van der Waals surface area contributed by atoms with Crippen molar-refractivity contribution in [1.82, 2.24) is 9.88 Å². The summed E-state index contributed by atoms with van der Waals surface area (Å²) in [5.74, 6) is 0. The zero-order chi connectivity index (χ0) is 16.4. The van der Waals surface area contributed by atoms with Crippen molar-refractivity contribution in [2.24, 2.45) is 0 Å². The number of hydrogen-bond acceptors (Lipinski definition) is 2. The summed E-state index contributed by atoms with van der Waals surface area (Å²) >= 11 is 0. The highest BCUT2D eigenvalue weighted by Crippen LogP contribution is 2.30. The van der Waals surface area contributed by atoms with Gasteiger partial charge in [-0.15, -0.1) is 0 Å². The standard InChI is InChI=1S/C20H19N3O/c24-20(22-19-10-5-7-15-6-1-2-9-18(15)19)23(17-11-12-17)14-16-8-3-4-13-21-16/h1-10,13,17H,11-12,14H2,(H,22,24).